The largest absolute Gasteiger partial charge is 0.271 e. The van der Waals surface area contributed by atoms with E-state index in [4.69, 9.17) is 5.84 Å². The average Bonchev–Trinajstić information content (AvgIpc) is 2.43. The summed E-state index contributed by atoms with van der Waals surface area (Å²) in [5.74, 6) is 5.60. The number of unbranched alkanes of at least 4 members (excludes halogenated alkanes) is 3. The molecular weight excluding hydrogens is 222 g/mol. The number of hydrogen-bond donors (Lipinski definition) is 2. The van der Waals surface area contributed by atoms with E-state index in [1.807, 2.05) is 24.5 Å². The molecule has 3 N–H and O–H groups in total. The maximum Gasteiger partial charge on any atom is 0.0299 e. The quantitative estimate of drug-likeness (QED) is 0.289. The molecule has 0 amide bonds. The molecule has 3 nitrogen and oxygen atoms in total. The summed E-state index contributed by atoms with van der Waals surface area (Å²) in [6.45, 7) is 3.73. The Kier molecular flexibility index (Phi) is 8.10. The number of hydrazine groups is 1. The predicted octanol–water partition coefficient (Wildman–Crippen LogP) is 2.98. The van der Waals surface area contributed by atoms with Crippen LogP contribution in [0.4, 0.5) is 0 Å². The van der Waals surface area contributed by atoms with Crippen LogP contribution in [0.5, 0.6) is 0 Å². The van der Waals surface area contributed by atoms with Crippen molar-refractivity contribution in [1.29, 1.82) is 0 Å². The second-order valence-corrected chi connectivity index (χ2v) is 4.69. The second kappa shape index (κ2) is 9.80. The summed E-state index contributed by atoms with van der Waals surface area (Å²) in [6, 6.07) is 4.51. The maximum absolute atomic E-state index is 5.60. The lowest BCUT2D eigenvalue weighted by Gasteiger charge is -2.15. The Hall–Kier alpha value is -1.19. The molecule has 0 bridgehead atoms. The third-order valence-corrected chi connectivity index (χ3v) is 3.20. The number of nitrogens with zero attached hydrogens (tertiary/aromatic N) is 1. The van der Waals surface area contributed by atoms with Gasteiger partial charge in [0, 0.05) is 18.4 Å². The molecule has 1 atom stereocenters. The van der Waals surface area contributed by atoms with Crippen LogP contribution < -0.4 is 11.3 Å². The van der Waals surface area contributed by atoms with Crippen molar-refractivity contribution in [2.45, 2.75) is 51.0 Å². The first-order valence-electron chi connectivity index (χ1n) is 6.82. The van der Waals surface area contributed by atoms with Crippen molar-refractivity contribution in [3.05, 3.63) is 42.7 Å². The van der Waals surface area contributed by atoms with Gasteiger partial charge in [0.1, 0.15) is 0 Å². The first-order valence-corrected chi connectivity index (χ1v) is 6.82. The van der Waals surface area contributed by atoms with Crippen LogP contribution in [-0.2, 0) is 6.42 Å². The molecule has 18 heavy (non-hydrogen) atoms. The molecule has 0 aliphatic heterocycles. The first-order chi connectivity index (χ1) is 8.86. The zero-order valence-electron chi connectivity index (χ0n) is 11.1. The average molecular weight is 247 g/mol. The lowest BCUT2D eigenvalue weighted by molar-refractivity contribution is 0.442. The molecular formula is C15H25N3. The Bertz CT molecular complexity index is 311. The van der Waals surface area contributed by atoms with Gasteiger partial charge in [-0.15, -0.1) is 6.58 Å². The Morgan fingerprint density at radius 1 is 1.33 bits per heavy atom. The third-order valence-electron chi connectivity index (χ3n) is 3.20. The number of aryl methyl sites for hydroxylation is 1. The molecule has 0 aliphatic carbocycles. The van der Waals surface area contributed by atoms with Crippen molar-refractivity contribution in [1.82, 2.24) is 10.4 Å². The summed E-state index contributed by atoms with van der Waals surface area (Å²) in [5, 5.41) is 0. The Balaban J connectivity index is 2.15. The number of pyridine rings is 1. The minimum Gasteiger partial charge on any atom is -0.271 e. The molecule has 1 aromatic heterocycles. The minimum atomic E-state index is 0.411. The van der Waals surface area contributed by atoms with Crippen LogP contribution in [0.3, 0.4) is 0 Å². The molecule has 1 heterocycles. The zero-order valence-corrected chi connectivity index (χ0v) is 11.1. The molecule has 0 aliphatic rings. The first kappa shape index (κ1) is 14.9. The topological polar surface area (TPSA) is 50.9 Å². The third kappa shape index (κ3) is 6.52. The molecule has 1 aromatic rings. The normalized spacial score (nSPS) is 12.3. The van der Waals surface area contributed by atoms with Gasteiger partial charge >= 0.3 is 0 Å². The van der Waals surface area contributed by atoms with Crippen LogP contribution >= 0.6 is 0 Å². The van der Waals surface area contributed by atoms with Crippen molar-refractivity contribution in [3.8, 4) is 0 Å². The monoisotopic (exact) mass is 247 g/mol. The van der Waals surface area contributed by atoms with Gasteiger partial charge in [0.05, 0.1) is 0 Å². The van der Waals surface area contributed by atoms with Crippen LogP contribution in [0.2, 0.25) is 0 Å². The zero-order chi connectivity index (χ0) is 13.1. The van der Waals surface area contributed by atoms with Gasteiger partial charge in [-0.25, -0.2) is 0 Å². The van der Waals surface area contributed by atoms with E-state index in [9.17, 15) is 0 Å². The van der Waals surface area contributed by atoms with Gasteiger partial charge in [-0.2, -0.15) is 0 Å². The summed E-state index contributed by atoms with van der Waals surface area (Å²) in [4.78, 5) is 4.12. The van der Waals surface area contributed by atoms with Gasteiger partial charge in [0.25, 0.3) is 0 Å². The Labute approximate surface area is 110 Å². The lowest BCUT2D eigenvalue weighted by Crippen LogP contribution is -2.35. The SMILES string of the molecule is C=CCCCCCC(CCc1cccnc1)NN. The fourth-order valence-corrected chi connectivity index (χ4v) is 2.05. The van der Waals surface area contributed by atoms with Crippen molar-refractivity contribution in [2.24, 2.45) is 5.84 Å². The van der Waals surface area contributed by atoms with Gasteiger partial charge in [-0.1, -0.05) is 25.0 Å². The van der Waals surface area contributed by atoms with Crippen LogP contribution in [0.15, 0.2) is 37.2 Å². The summed E-state index contributed by atoms with van der Waals surface area (Å²) in [5.41, 5.74) is 4.20. The van der Waals surface area contributed by atoms with E-state index < -0.39 is 0 Å². The van der Waals surface area contributed by atoms with Crippen LogP contribution in [0.1, 0.15) is 44.1 Å². The van der Waals surface area contributed by atoms with E-state index in [1.165, 1.54) is 24.8 Å². The Morgan fingerprint density at radius 2 is 2.22 bits per heavy atom. The lowest BCUT2D eigenvalue weighted by atomic mass is 10.0. The molecule has 0 saturated carbocycles. The molecule has 3 heteroatoms. The highest BCUT2D eigenvalue weighted by Gasteiger charge is 2.06. The molecule has 1 unspecified atom stereocenters. The van der Waals surface area contributed by atoms with E-state index in [-0.39, 0.29) is 0 Å². The molecule has 0 radical (unpaired) electrons. The number of rotatable bonds is 10. The van der Waals surface area contributed by atoms with E-state index in [0.29, 0.717) is 6.04 Å². The van der Waals surface area contributed by atoms with Gasteiger partial charge in [-0.05, 0) is 43.7 Å². The van der Waals surface area contributed by atoms with Crippen LogP contribution in [0.25, 0.3) is 0 Å². The van der Waals surface area contributed by atoms with Crippen LogP contribution in [0, 0.1) is 0 Å². The van der Waals surface area contributed by atoms with Crippen molar-refractivity contribution >= 4 is 0 Å². The summed E-state index contributed by atoms with van der Waals surface area (Å²) >= 11 is 0. The van der Waals surface area contributed by atoms with Gasteiger partial charge in [0.2, 0.25) is 0 Å². The molecule has 1 rings (SSSR count). The number of nitrogens with one attached hydrogen (secondary N) is 1. The standard InChI is InChI=1S/C15H25N3/c1-2-3-4-5-6-9-15(18-16)11-10-14-8-7-12-17-13-14/h2,7-8,12-13,15,18H,1,3-6,9-11,16H2. The predicted molar refractivity (Wildman–Crippen MR) is 77.0 cm³/mol. The van der Waals surface area contributed by atoms with Crippen molar-refractivity contribution in [2.75, 3.05) is 0 Å². The number of allylic oxidation sites excluding steroid dienone is 1. The number of hydrogen-bond acceptors (Lipinski definition) is 3. The number of nitrogens with two attached hydrogens (primary N) is 1. The highest BCUT2D eigenvalue weighted by atomic mass is 15.2. The van der Waals surface area contributed by atoms with E-state index in [0.717, 1.165) is 25.7 Å². The van der Waals surface area contributed by atoms with Gasteiger partial charge in [0.15, 0.2) is 0 Å². The second-order valence-electron chi connectivity index (χ2n) is 4.69. The molecule has 100 valence electrons. The van der Waals surface area contributed by atoms with Crippen molar-refractivity contribution < 1.29 is 0 Å². The van der Waals surface area contributed by atoms with E-state index in [1.54, 1.807) is 0 Å². The van der Waals surface area contributed by atoms with E-state index >= 15 is 0 Å². The van der Waals surface area contributed by atoms with Crippen molar-refractivity contribution in [3.63, 3.8) is 0 Å². The smallest absolute Gasteiger partial charge is 0.0299 e. The van der Waals surface area contributed by atoms with Crippen LogP contribution in [-0.4, -0.2) is 11.0 Å². The molecule has 0 fully saturated rings. The summed E-state index contributed by atoms with van der Waals surface area (Å²) < 4.78 is 0. The Morgan fingerprint density at radius 3 is 2.89 bits per heavy atom. The summed E-state index contributed by atoms with van der Waals surface area (Å²) in [7, 11) is 0. The minimum absolute atomic E-state index is 0.411. The summed E-state index contributed by atoms with van der Waals surface area (Å²) in [6.07, 6.45) is 13.8. The fourth-order valence-electron chi connectivity index (χ4n) is 2.05. The van der Waals surface area contributed by atoms with E-state index in [2.05, 4.69) is 23.1 Å². The van der Waals surface area contributed by atoms with Gasteiger partial charge < -0.3 is 0 Å². The molecule has 0 aromatic carbocycles. The maximum atomic E-state index is 5.60. The van der Waals surface area contributed by atoms with Gasteiger partial charge in [-0.3, -0.25) is 16.3 Å². The molecule has 0 saturated heterocycles. The number of aromatic nitrogens is 1. The highest BCUT2D eigenvalue weighted by molar-refractivity contribution is 5.08. The fraction of sp³-hybridized carbons (Fsp3) is 0.533. The molecule has 0 spiro atoms. The highest BCUT2D eigenvalue weighted by Crippen LogP contribution is 2.10.